The number of carbonyl (C=O) groups is 1. The maximum Gasteiger partial charge on any atom is 0.305 e. The molecular weight excluding hydrogens is 371 g/mol. The van der Waals surface area contributed by atoms with E-state index in [2.05, 4.69) is 49.9 Å². The molecule has 1 saturated heterocycles. The highest BCUT2D eigenvalue weighted by Crippen LogP contribution is 2.38. The van der Waals surface area contributed by atoms with Crippen LogP contribution in [0.15, 0.2) is 10.2 Å². The molecule has 1 aliphatic heterocycles. The molecule has 1 rings (SSSR count). The molecule has 116 valence electrons. The summed E-state index contributed by atoms with van der Waals surface area (Å²) < 4.78 is 17.8. The fourth-order valence-corrected chi connectivity index (χ4v) is 2.29. The van der Waals surface area contributed by atoms with Crippen LogP contribution in [0.25, 0.3) is 0 Å². The summed E-state index contributed by atoms with van der Waals surface area (Å²) in [4.78, 5) is 11.4. The van der Waals surface area contributed by atoms with Crippen LogP contribution in [0.2, 0.25) is 0 Å². The Morgan fingerprint density at radius 1 is 1.40 bits per heavy atom. The van der Waals surface area contributed by atoms with Gasteiger partial charge in [0.1, 0.15) is 0 Å². The molecule has 0 aromatic rings. The van der Waals surface area contributed by atoms with Crippen LogP contribution >= 0.6 is 22.6 Å². The van der Waals surface area contributed by atoms with Crippen LogP contribution in [0.4, 0.5) is 0 Å². The molecule has 0 saturated carbocycles. The molecule has 1 aliphatic rings. The third-order valence-corrected chi connectivity index (χ3v) is 4.60. The molecule has 0 N–H and O–H groups in total. The minimum atomic E-state index is -0.697. The van der Waals surface area contributed by atoms with Gasteiger partial charge in [0.05, 0.1) is 26.7 Å². The highest BCUT2D eigenvalue weighted by atomic mass is 127. The van der Waals surface area contributed by atoms with E-state index in [1.54, 1.807) is 0 Å². The molecule has 0 radical (unpaired) electrons. The van der Waals surface area contributed by atoms with E-state index < -0.39 is 5.79 Å². The number of halogens is 1. The third-order valence-electron chi connectivity index (χ3n) is 3.54. The molecule has 0 aliphatic carbocycles. The van der Waals surface area contributed by atoms with E-state index in [-0.39, 0.29) is 17.3 Å². The minimum absolute atomic E-state index is 0.0132. The monoisotopic (exact) mass is 396 g/mol. The third kappa shape index (κ3) is 5.33. The number of hydrogen-bond donors (Lipinski definition) is 0. The van der Waals surface area contributed by atoms with Crippen LogP contribution in [0.5, 0.6) is 0 Å². The molecule has 5 heteroatoms. The van der Waals surface area contributed by atoms with Crippen molar-refractivity contribution in [3.8, 4) is 0 Å². The Morgan fingerprint density at radius 2 is 1.95 bits per heavy atom. The Bertz CT molecular complexity index is 355. The summed E-state index contributed by atoms with van der Waals surface area (Å²) in [6.07, 6.45) is 1.53. The molecule has 0 aromatic carbocycles. The van der Waals surface area contributed by atoms with Gasteiger partial charge in [0, 0.05) is 18.3 Å². The zero-order valence-corrected chi connectivity index (χ0v) is 15.0. The van der Waals surface area contributed by atoms with Crippen molar-refractivity contribution in [2.24, 2.45) is 11.3 Å². The fraction of sp³-hybridized carbons (Fsp3) is 0.800. The van der Waals surface area contributed by atoms with E-state index in [1.807, 2.05) is 0 Å². The summed E-state index contributed by atoms with van der Waals surface area (Å²) in [5, 5.41) is 0. The molecule has 4 nitrogen and oxygen atoms in total. The Kier molecular flexibility index (Phi) is 6.47. The lowest BCUT2D eigenvalue weighted by atomic mass is 9.91. The first kappa shape index (κ1) is 17.9. The SMILES string of the molecule is C=C(I)[C@H](C)CC1(CCC(=O)OC)OCC(C)(C)CO1. The molecule has 0 unspecified atom stereocenters. The Labute approximate surface area is 135 Å². The van der Waals surface area contributed by atoms with Crippen LogP contribution in [-0.4, -0.2) is 32.1 Å². The summed E-state index contributed by atoms with van der Waals surface area (Å²) >= 11 is 2.23. The van der Waals surface area contributed by atoms with E-state index in [0.29, 0.717) is 32.5 Å². The molecule has 1 fully saturated rings. The van der Waals surface area contributed by atoms with Crippen LogP contribution in [0, 0.1) is 11.3 Å². The van der Waals surface area contributed by atoms with Crippen molar-refractivity contribution in [1.82, 2.24) is 0 Å². The van der Waals surface area contributed by atoms with Crippen molar-refractivity contribution in [3.63, 3.8) is 0 Å². The number of esters is 1. The number of allylic oxidation sites excluding steroid dienone is 1. The lowest BCUT2D eigenvalue weighted by Crippen LogP contribution is -2.48. The molecule has 0 spiro atoms. The van der Waals surface area contributed by atoms with Gasteiger partial charge < -0.3 is 14.2 Å². The summed E-state index contributed by atoms with van der Waals surface area (Å²) in [6.45, 7) is 11.6. The summed E-state index contributed by atoms with van der Waals surface area (Å²) in [7, 11) is 1.40. The van der Waals surface area contributed by atoms with Gasteiger partial charge in [0.2, 0.25) is 0 Å². The van der Waals surface area contributed by atoms with Crippen molar-refractivity contribution < 1.29 is 19.0 Å². The molecule has 0 bridgehead atoms. The Balaban J connectivity index is 2.73. The quantitative estimate of drug-likeness (QED) is 0.508. The average Bonchev–Trinajstić information content (AvgIpc) is 2.39. The first-order valence-electron chi connectivity index (χ1n) is 6.89. The molecule has 0 amide bonds. The number of rotatable bonds is 6. The maximum atomic E-state index is 11.4. The van der Waals surface area contributed by atoms with Crippen LogP contribution in [0.1, 0.15) is 40.0 Å². The fourth-order valence-electron chi connectivity index (χ4n) is 2.07. The predicted octanol–water partition coefficient (Wildman–Crippen LogP) is 3.68. The largest absolute Gasteiger partial charge is 0.469 e. The number of carbonyl (C=O) groups excluding carboxylic acids is 1. The Hall–Kier alpha value is -0.140. The van der Waals surface area contributed by atoms with Crippen molar-refractivity contribution in [1.29, 1.82) is 0 Å². The van der Waals surface area contributed by atoms with E-state index in [1.165, 1.54) is 7.11 Å². The molecule has 20 heavy (non-hydrogen) atoms. The number of hydrogen-bond acceptors (Lipinski definition) is 4. The van der Waals surface area contributed by atoms with Crippen molar-refractivity contribution in [2.75, 3.05) is 20.3 Å². The highest BCUT2D eigenvalue weighted by molar-refractivity contribution is 14.1. The normalized spacial score (nSPS) is 22.1. The second-order valence-electron chi connectivity index (χ2n) is 6.28. The maximum absolute atomic E-state index is 11.4. The average molecular weight is 396 g/mol. The van der Waals surface area contributed by atoms with Gasteiger partial charge in [-0.3, -0.25) is 4.79 Å². The van der Waals surface area contributed by atoms with Gasteiger partial charge >= 0.3 is 5.97 Å². The zero-order chi connectivity index (χ0) is 15.4. The summed E-state index contributed by atoms with van der Waals surface area (Å²) in [5.74, 6) is -0.658. The zero-order valence-electron chi connectivity index (χ0n) is 12.8. The van der Waals surface area contributed by atoms with Crippen molar-refractivity contribution in [2.45, 2.75) is 45.8 Å². The second kappa shape index (κ2) is 7.22. The van der Waals surface area contributed by atoms with Crippen LogP contribution in [0.3, 0.4) is 0 Å². The first-order valence-corrected chi connectivity index (χ1v) is 7.97. The summed E-state index contributed by atoms with van der Waals surface area (Å²) in [6, 6.07) is 0. The van der Waals surface area contributed by atoms with Crippen LogP contribution < -0.4 is 0 Å². The molecule has 1 heterocycles. The standard InChI is InChI=1S/C15H25IO4/c1-11(12(2)16)8-15(7-6-13(17)18-5)19-9-14(3,4)10-20-15/h11H,2,6-10H2,1,3-5H3/t11-/m1/s1. The number of methoxy groups -OCH3 is 1. The summed E-state index contributed by atoms with van der Waals surface area (Å²) in [5.41, 5.74) is 0.0132. The smallest absolute Gasteiger partial charge is 0.305 e. The van der Waals surface area contributed by atoms with Gasteiger partial charge in [-0.05, 0) is 32.1 Å². The Morgan fingerprint density at radius 3 is 2.40 bits per heavy atom. The van der Waals surface area contributed by atoms with E-state index in [0.717, 1.165) is 3.58 Å². The molecular formula is C15H25IO4. The van der Waals surface area contributed by atoms with E-state index in [4.69, 9.17) is 14.2 Å². The van der Waals surface area contributed by atoms with Gasteiger partial charge in [-0.25, -0.2) is 0 Å². The van der Waals surface area contributed by atoms with E-state index in [9.17, 15) is 4.79 Å². The predicted molar refractivity (Wildman–Crippen MR) is 86.6 cm³/mol. The van der Waals surface area contributed by atoms with Gasteiger partial charge in [0.15, 0.2) is 5.79 Å². The highest BCUT2D eigenvalue weighted by Gasteiger charge is 2.41. The topological polar surface area (TPSA) is 44.8 Å². The lowest BCUT2D eigenvalue weighted by Gasteiger charge is -2.44. The lowest BCUT2D eigenvalue weighted by molar-refractivity contribution is -0.307. The van der Waals surface area contributed by atoms with Crippen LogP contribution in [-0.2, 0) is 19.0 Å². The van der Waals surface area contributed by atoms with E-state index >= 15 is 0 Å². The van der Waals surface area contributed by atoms with Gasteiger partial charge in [-0.2, -0.15) is 0 Å². The molecule has 1 atom stereocenters. The number of ether oxygens (including phenoxy) is 3. The van der Waals surface area contributed by atoms with Gasteiger partial charge in [0.25, 0.3) is 0 Å². The second-order valence-corrected chi connectivity index (χ2v) is 7.67. The van der Waals surface area contributed by atoms with Crippen molar-refractivity contribution >= 4 is 28.6 Å². The van der Waals surface area contributed by atoms with Gasteiger partial charge in [-0.1, -0.05) is 27.4 Å². The molecule has 0 aromatic heterocycles. The minimum Gasteiger partial charge on any atom is -0.469 e. The van der Waals surface area contributed by atoms with Crippen molar-refractivity contribution in [3.05, 3.63) is 10.2 Å². The van der Waals surface area contributed by atoms with Gasteiger partial charge in [-0.15, -0.1) is 0 Å². The first-order chi connectivity index (χ1) is 9.20.